The van der Waals surface area contributed by atoms with E-state index in [0.717, 1.165) is 23.4 Å². The maximum atomic E-state index is 5.93. The fourth-order valence-corrected chi connectivity index (χ4v) is 3.46. The predicted octanol–water partition coefficient (Wildman–Crippen LogP) is 2.62. The number of nitrogens with two attached hydrogens (primary N) is 1. The minimum atomic E-state index is 0.402. The number of nitrogens with zero attached hydrogens (tertiary/aromatic N) is 3. The molecule has 1 saturated heterocycles. The van der Waals surface area contributed by atoms with Crippen LogP contribution in [0.4, 0.5) is 5.13 Å². The lowest BCUT2D eigenvalue weighted by Gasteiger charge is -2.38. The average Bonchev–Trinajstić information content (AvgIpc) is 2.87. The lowest BCUT2D eigenvalue weighted by atomic mass is 9.89. The van der Waals surface area contributed by atoms with Crippen LogP contribution in [0.15, 0.2) is 0 Å². The molecule has 2 heterocycles. The van der Waals surface area contributed by atoms with Gasteiger partial charge in [-0.1, -0.05) is 27.2 Å². The van der Waals surface area contributed by atoms with Gasteiger partial charge in [-0.25, -0.2) is 4.98 Å². The Morgan fingerprint density at radius 3 is 2.83 bits per heavy atom. The van der Waals surface area contributed by atoms with Crippen LogP contribution in [0.25, 0.3) is 0 Å². The maximum absolute atomic E-state index is 5.93. The molecule has 2 rings (SSSR count). The van der Waals surface area contributed by atoms with Crippen molar-refractivity contribution in [2.24, 2.45) is 11.7 Å². The summed E-state index contributed by atoms with van der Waals surface area (Å²) in [6, 6.07) is 0.441. The quantitative estimate of drug-likeness (QED) is 0.912. The van der Waals surface area contributed by atoms with Gasteiger partial charge in [-0.3, -0.25) is 0 Å². The molecule has 0 amide bonds. The fourth-order valence-electron chi connectivity index (χ4n) is 2.56. The van der Waals surface area contributed by atoms with Crippen molar-refractivity contribution in [3.8, 4) is 0 Å². The van der Waals surface area contributed by atoms with E-state index in [1.165, 1.54) is 30.8 Å². The molecule has 0 bridgehead atoms. The van der Waals surface area contributed by atoms with Crippen molar-refractivity contribution in [2.45, 2.75) is 52.0 Å². The molecule has 2 N–H and O–H groups in total. The molecule has 0 radical (unpaired) electrons. The Bertz CT molecular complexity index is 377. The lowest BCUT2D eigenvalue weighted by molar-refractivity contribution is 0.335. The van der Waals surface area contributed by atoms with Crippen molar-refractivity contribution >= 4 is 16.7 Å². The van der Waals surface area contributed by atoms with E-state index < -0.39 is 0 Å². The summed E-state index contributed by atoms with van der Waals surface area (Å²) in [7, 11) is 0. The zero-order valence-electron chi connectivity index (χ0n) is 11.6. The number of hydrogen-bond donors (Lipinski definition) is 1. The van der Waals surface area contributed by atoms with Crippen LogP contribution in [0.3, 0.4) is 0 Å². The summed E-state index contributed by atoms with van der Waals surface area (Å²) >= 11 is 1.52. The van der Waals surface area contributed by atoms with Crippen LogP contribution in [0.2, 0.25) is 0 Å². The van der Waals surface area contributed by atoms with E-state index in [1.54, 1.807) is 0 Å². The van der Waals surface area contributed by atoms with Crippen molar-refractivity contribution in [3.05, 3.63) is 5.82 Å². The first-order chi connectivity index (χ1) is 8.65. The molecule has 0 aliphatic carbocycles. The normalized spacial score (nSPS) is 24.8. The molecule has 18 heavy (non-hydrogen) atoms. The van der Waals surface area contributed by atoms with Gasteiger partial charge >= 0.3 is 0 Å². The van der Waals surface area contributed by atoms with Crippen molar-refractivity contribution in [3.63, 3.8) is 0 Å². The SMILES string of the molecule is CCC1CCN(c2nc(C(C)C)ns2)C(CN)C1. The van der Waals surface area contributed by atoms with Gasteiger partial charge in [0.15, 0.2) is 0 Å². The van der Waals surface area contributed by atoms with E-state index >= 15 is 0 Å². The van der Waals surface area contributed by atoms with E-state index in [1.807, 2.05) is 0 Å². The van der Waals surface area contributed by atoms with Gasteiger partial charge in [0.25, 0.3) is 0 Å². The Balaban J connectivity index is 2.11. The molecule has 1 aliphatic rings. The monoisotopic (exact) mass is 268 g/mol. The molecule has 2 unspecified atom stereocenters. The first kappa shape index (κ1) is 13.7. The Morgan fingerprint density at radius 2 is 2.28 bits per heavy atom. The number of piperidine rings is 1. The van der Waals surface area contributed by atoms with Crippen molar-refractivity contribution in [1.29, 1.82) is 0 Å². The zero-order valence-corrected chi connectivity index (χ0v) is 12.4. The van der Waals surface area contributed by atoms with Crippen LogP contribution in [0.5, 0.6) is 0 Å². The fraction of sp³-hybridized carbons (Fsp3) is 0.846. The molecule has 1 aliphatic heterocycles. The number of aromatic nitrogens is 2. The summed E-state index contributed by atoms with van der Waals surface area (Å²) < 4.78 is 4.45. The second kappa shape index (κ2) is 5.97. The molecular weight excluding hydrogens is 244 g/mol. The summed E-state index contributed by atoms with van der Waals surface area (Å²) in [6.45, 7) is 8.33. The first-order valence-corrected chi connectivity index (χ1v) is 7.73. The molecule has 1 aromatic rings. The zero-order chi connectivity index (χ0) is 13.1. The molecule has 4 nitrogen and oxygen atoms in total. The molecular formula is C13H24N4S. The van der Waals surface area contributed by atoms with Crippen molar-refractivity contribution in [1.82, 2.24) is 9.36 Å². The highest BCUT2D eigenvalue weighted by molar-refractivity contribution is 7.09. The first-order valence-electron chi connectivity index (χ1n) is 6.96. The highest BCUT2D eigenvalue weighted by atomic mass is 32.1. The van der Waals surface area contributed by atoms with E-state index in [9.17, 15) is 0 Å². The molecule has 5 heteroatoms. The third-order valence-corrected chi connectivity index (χ3v) is 4.63. The van der Waals surface area contributed by atoms with Gasteiger partial charge < -0.3 is 10.6 Å². The van der Waals surface area contributed by atoms with Crippen LogP contribution in [-0.4, -0.2) is 28.5 Å². The van der Waals surface area contributed by atoms with Crippen LogP contribution in [-0.2, 0) is 0 Å². The molecule has 102 valence electrons. The van der Waals surface area contributed by atoms with E-state index in [-0.39, 0.29) is 0 Å². The van der Waals surface area contributed by atoms with Gasteiger partial charge in [0.1, 0.15) is 5.82 Å². The summed E-state index contributed by atoms with van der Waals surface area (Å²) in [4.78, 5) is 7.03. The van der Waals surface area contributed by atoms with E-state index in [2.05, 4.69) is 35.0 Å². The third-order valence-electron chi connectivity index (χ3n) is 3.87. The van der Waals surface area contributed by atoms with E-state index in [0.29, 0.717) is 18.5 Å². The third kappa shape index (κ3) is 2.83. The lowest BCUT2D eigenvalue weighted by Crippen LogP contribution is -2.46. The highest BCUT2D eigenvalue weighted by Gasteiger charge is 2.29. The van der Waals surface area contributed by atoms with Gasteiger partial charge in [-0.05, 0) is 18.8 Å². The molecule has 0 spiro atoms. The largest absolute Gasteiger partial charge is 0.343 e. The van der Waals surface area contributed by atoms with Gasteiger partial charge in [-0.15, -0.1) is 0 Å². The second-order valence-corrected chi connectivity index (χ2v) is 6.20. The molecule has 1 aromatic heterocycles. The standard InChI is InChI=1S/C13H24N4S/c1-4-10-5-6-17(11(7-10)8-14)13-15-12(9(2)3)16-18-13/h9-11H,4-8,14H2,1-3H3. The number of rotatable bonds is 4. The van der Waals surface area contributed by atoms with Gasteiger partial charge in [0.2, 0.25) is 5.13 Å². The summed E-state index contributed by atoms with van der Waals surface area (Å²) in [5, 5.41) is 1.06. The van der Waals surface area contributed by atoms with Crippen LogP contribution >= 0.6 is 11.5 Å². The number of hydrogen-bond acceptors (Lipinski definition) is 5. The Labute approximate surface area is 114 Å². The topological polar surface area (TPSA) is 55.0 Å². The van der Waals surface area contributed by atoms with Crippen LogP contribution in [0.1, 0.15) is 51.8 Å². The van der Waals surface area contributed by atoms with Crippen molar-refractivity contribution < 1.29 is 0 Å². The predicted molar refractivity (Wildman–Crippen MR) is 77.2 cm³/mol. The minimum absolute atomic E-state index is 0.402. The highest BCUT2D eigenvalue weighted by Crippen LogP contribution is 2.31. The number of anilines is 1. The van der Waals surface area contributed by atoms with Crippen LogP contribution < -0.4 is 10.6 Å². The summed E-state index contributed by atoms with van der Waals surface area (Å²) in [5.41, 5.74) is 5.93. The van der Waals surface area contributed by atoms with Gasteiger partial charge in [0.05, 0.1) is 0 Å². The molecule has 1 fully saturated rings. The Morgan fingerprint density at radius 1 is 1.50 bits per heavy atom. The van der Waals surface area contributed by atoms with Crippen molar-refractivity contribution in [2.75, 3.05) is 18.0 Å². The summed E-state index contributed by atoms with van der Waals surface area (Å²) in [6.07, 6.45) is 3.71. The second-order valence-electron chi connectivity index (χ2n) is 5.47. The van der Waals surface area contributed by atoms with Gasteiger partial charge in [0, 0.05) is 36.6 Å². The Kier molecular flexibility index (Phi) is 4.56. The smallest absolute Gasteiger partial charge is 0.205 e. The molecule has 0 saturated carbocycles. The van der Waals surface area contributed by atoms with E-state index in [4.69, 9.17) is 5.73 Å². The molecule has 2 atom stereocenters. The minimum Gasteiger partial charge on any atom is -0.343 e. The average molecular weight is 268 g/mol. The maximum Gasteiger partial charge on any atom is 0.205 e. The van der Waals surface area contributed by atoms with Crippen LogP contribution in [0, 0.1) is 5.92 Å². The van der Waals surface area contributed by atoms with Gasteiger partial charge in [-0.2, -0.15) is 4.37 Å². The summed E-state index contributed by atoms with van der Waals surface area (Å²) in [5.74, 6) is 2.19. The molecule has 0 aromatic carbocycles. The Hall–Kier alpha value is -0.680.